The molecule has 1 aromatic heterocycles. The van der Waals surface area contributed by atoms with Gasteiger partial charge in [-0.1, -0.05) is 32.1 Å². The van der Waals surface area contributed by atoms with Crippen molar-refractivity contribution in [2.24, 2.45) is 0 Å². The van der Waals surface area contributed by atoms with Crippen molar-refractivity contribution >= 4 is 0 Å². The molecule has 0 amide bonds. The molecule has 0 N–H and O–H groups in total. The molecular weight excluding hydrogens is 164 g/mol. The summed E-state index contributed by atoms with van der Waals surface area (Å²) in [5.41, 5.74) is 0. The summed E-state index contributed by atoms with van der Waals surface area (Å²) in [7, 11) is 0. The fraction of sp³-hybridized carbons (Fsp3) is 0.800. The minimum absolute atomic E-state index is 0.499. The van der Waals surface area contributed by atoms with Crippen molar-refractivity contribution in [1.29, 1.82) is 0 Å². The van der Waals surface area contributed by atoms with E-state index in [9.17, 15) is 0 Å². The maximum Gasteiger partial charge on any atom is 0.305 e. The van der Waals surface area contributed by atoms with Gasteiger partial charge in [0.1, 0.15) is 0 Å². The lowest BCUT2D eigenvalue weighted by atomic mass is 9.91. The van der Waals surface area contributed by atoms with Gasteiger partial charge in [-0.15, -0.1) is 10.2 Å². The standard InChI is InChI=1S/C10H15N2O/c1-2-4-6-9(7-5-3-1)10-12-11-8-13-10/h9H,1-7H2. The van der Waals surface area contributed by atoms with Gasteiger partial charge < -0.3 is 4.42 Å². The van der Waals surface area contributed by atoms with Crippen molar-refractivity contribution in [2.75, 3.05) is 0 Å². The highest BCUT2D eigenvalue weighted by molar-refractivity contribution is 4.88. The Bertz CT molecular complexity index is 225. The van der Waals surface area contributed by atoms with Gasteiger partial charge in [0.2, 0.25) is 5.89 Å². The summed E-state index contributed by atoms with van der Waals surface area (Å²) in [4.78, 5) is 0. The smallest absolute Gasteiger partial charge is 0.305 e. The minimum Gasteiger partial charge on any atom is -0.417 e. The molecule has 1 saturated carbocycles. The predicted octanol–water partition coefficient (Wildman–Crippen LogP) is 2.70. The van der Waals surface area contributed by atoms with Gasteiger partial charge in [-0.25, -0.2) is 0 Å². The molecule has 1 aliphatic carbocycles. The molecule has 0 aliphatic heterocycles. The Labute approximate surface area is 78.5 Å². The fourth-order valence-electron chi connectivity index (χ4n) is 2.03. The zero-order valence-corrected chi connectivity index (χ0v) is 7.83. The molecule has 0 spiro atoms. The van der Waals surface area contributed by atoms with Crippen LogP contribution in [-0.2, 0) is 0 Å². The molecule has 2 rings (SSSR count). The number of nitrogens with zero attached hydrogens (tertiary/aromatic N) is 2. The van der Waals surface area contributed by atoms with E-state index in [4.69, 9.17) is 4.42 Å². The van der Waals surface area contributed by atoms with Gasteiger partial charge >= 0.3 is 6.39 Å². The van der Waals surface area contributed by atoms with Crippen molar-refractivity contribution in [3.63, 3.8) is 0 Å². The number of hydrogen-bond acceptors (Lipinski definition) is 3. The van der Waals surface area contributed by atoms with Crippen LogP contribution < -0.4 is 0 Å². The zero-order valence-electron chi connectivity index (χ0n) is 7.83. The van der Waals surface area contributed by atoms with Crippen molar-refractivity contribution in [3.05, 3.63) is 12.3 Å². The van der Waals surface area contributed by atoms with Gasteiger partial charge in [-0.05, 0) is 12.8 Å². The Morgan fingerprint density at radius 1 is 1.08 bits per heavy atom. The molecule has 3 nitrogen and oxygen atoms in total. The Morgan fingerprint density at radius 3 is 2.38 bits per heavy atom. The summed E-state index contributed by atoms with van der Waals surface area (Å²) >= 11 is 0. The highest BCUT2D eigenvalue weighted by Crippen LogP contribution is 2.29. The molecule has 71 valence electrons. The van der Waals surface area contributed by atoms with E-state index < -0.39 is 0 Å². The highest BCUT2D eigenvalue weighted by Gasteiger charge is 2.17. The second kappa shape index (κ2) is 4.40. The molecule has 0 atom stereocenters. The van der Waals surface area contributed by atoms with E-state index in [0.29, 0.717) is 5.92 Å². The largest absolute Gasteiger partial charge is 0.417 e. The van der Waals surface area contributed by atoms with Crippen LogP contribution in [0.25, 0.3) is 0 Å². The lowest BCUT2D eigenvalue weighted by Gasteiger charge is -2.15. The summed E-state index contributed by atoms with van der Waals surface area (Å²) in [6.45, 7) is 0. The van der Waals surface area contributed by atoms with Crippen LogP contribution in [-0.4, -0.2) is 10.2 Å². The SMILES string of the molecule is [c]1nnc(C2CCCCCCC2)o1. The van der Waals surface area contributed by atoms with Crippen LogP contribution in [0.3, 0.4) is 0 Å². The highest BCUT2D eigenvalue weighted by atomic mass is 16.4. The molecule has 3 heteroatoms. The minimum atomic E-state index is 0.499. The van der Waals surface area contributed by atoms with Gasteiger partial charge in [-0.2, -0.15) is 0 Å². The molecule has 0 aromatic carbocycles. The lowest BCUT2D eigenvalue weighted by Crippen LogP contribution is -2.02. The molecule has 1 fully saturated rings. The Kier molecular flexibility index (Phi) is 2.95. The van der Waals surface area contributed by atoms with Crippen molar-refractivity contribution in [2.45, 2.75) is 50.9 Å². The molecule has 1 radical (unpaired) electrons. The van der Waals surface area contributed by atoms with E-state index in [-0.39, 0.29) is 0 Å². The van der Waals surface area contributed by atoms with Gasteiger partial charge in [0.15, 0.2) is 0 Å². The quantitative estimate of drug-likeness (QED) is 0.665. The van der Waals surface area contributed by atoms with E-state index >= 15 is 0 Å². The summed E-state index contributed by atoms with van der Waals surface area (Å²) in [6, 6.07) is 0. The molecule has 13 heavy (non-hydrogen) atoms. The predicted molar refractivity (Wildman–Crippen MR) is 48.2 cm³/mol. The number of rotatable bonds is 1. The van der Waals surface area contributed by atoms with Crippen LogP contribution in [0.15, 0.2) is 4.42 Å². The third-order valence-electron chi connectivity index (χ3n) is 2.79. The van der Waals surface area contributed by atoms with Gasteiger partial charge in [0.05, 0.1) is 0 Å². The van der Waals surface area contributed by atoms with Crippen molar-refractivity contribution in [3.8, 4) is 0 Å². The second-order valence-corrected chi connectivity index (χ2v) is 3.77. The van der Waals surface area contributed by atoms with Crippen LogP contribution in [0, 0.1) is 6.39 Å². The van der Waals surface area contributed by atoms with E-state index in [1.165, 1.54) is 44.9 Å². The summed E-state index contributed by atoms with van der Waals surface area (Å²) in [5.74, 6) is 1.29. The molecule has 0 unspecified atom stereocenters. The molecular formula is C10H15N2O. The Hall–Kier alpha value is -0.860. The molecule has 1 aliphatic rings. The maximum atomic E-state index is 5.12. The third-order valence-corrected chi connectivity index (χ3v) is 2.79. The Balaban J connectivity index is 1.96. The maximum absolute atomic E-state index is 5.12. The van der Waals surface area contributed by atoms with E-state index in [1.807, 2.05) is 0 Å². The van der Waals surface area contributed by atoms with E-state index in [1.54, 1.807) is 0 Å². The van der Waals surface area contributed by atoms with E-state index in [0.717, 1.165) is 5.89 Å². The molecule has 1 aromatic rings. The van der Waals surface area contributed by atoms with Gasteiger partial charge in [-0.3, -0.25) is 0 Å². The van der Waals surface area contributed by atoms with Crippen molar-refractivity contribution < 1.29 is 4.42 Å². The van der Waals surface area contributed by atoms with Crippen molar-refractivity contribution in [1.82, 2.24) is 10.2 Å². The molecule has 0 saturated heterocycles. The molecule has 1 heterocycles. The summed E-state index contributed by atoms with van der Waals surface area (Å²) in [5, 5.41) is 7.55. The lowest BCUT2D eigenvalue weighted by molar-refractivity contribution is 0.374. The van der Waals surface area contributed by atoms with Crippen LogP contribution in [0.2, 0.25) is 0 Å². The fourth-order valence-corrected chi connectivity index (χ4v) is 2.03. The van der Waals surface area contributed by atoms with E-state index in [2.05, 4.69) is 16.6 Å². The first-order chi connectivity index (χ1) is 6.47. The Morgan fingerprint density at radius 2 is 1.77 bits per heavy atom. The summed E-state index contributed by atoms with van der Waals surface area (Å²) < 4.78 is 5.12. The first kappa shape index (κ1) is 8.73. The van der Waals surface area contributed by atoms with Crippen LogP contribution >= 0.6 is 0 Å². The normalized spacial score (nSPS) is 20.9. The van der Waals surface area contributed by atoms with Gasteiger partial charge in [0.25, 0.3) is 0 Å². The van der Waals surface area contributed by atoms with Crippen LogP contribution in [0.5, 0.6) is 0 Å². The number of aromatic nitrogens is 2. The van der Waals surface area contributed by atoms with Crippen LogP contribution in [0.1, 0.15) is 56.8 Å². The van der Waals surface area contributed by atoms with Gasteiger partial charge in [0, 0.05) is 5.92 Å². The monoisotopic (exact) mass is 179 g/mol. The first-order valence-electron chi connectivity index (χ1n) is 5.16. The number of hydrogen-bond donors (Lipinski definition) is 0. The summed E-state index contributed by atoms with van der Waals surface area (Å²) in [6.07, 6.45) is 11.5. The average molecular weight is 179 g/mol. The third kappa shape index (κ3) is 2.29. The topological polar surface area (TPSA) is 38.9 Å². The average Bonchev–Trinajstić information content (AvgIpc) is 2.55. The molecule has 0 bridgehead atoms. The second-order valence-electron chi connectivity index (χ2n) is 3.77. The zero-order chi connectivity index (χ0) is 8.93. The van der Waals surface area contributed by atoms with Crippen LogP contribution in [0.4, 0.5) is 0 Å². The first-order valence-corrected chi connectivity index (χ1v) is 5.16.